The van der Waals surface area contributed by atoms with Gasteiger partial charge in [0.15, 0.2) is 5.75 Å². The molecular formula is C10H7IN2O. The van der Waals surface area contributed by atoms with E-state index in [1.165, 1.54) is 0 Å². The van der Waals surface area contributed by atoms with Crippen LogP contribution in [0.4, 0.5) is 5.69 Å². The summed E-state index contributed by atoms with van der Waals surface area (Å²) in [6, 6.07) is 5.27. The Bertz CT molecular complexity index is 406. The van der Waals surface area contributed by atoms with E-state index >= 15 is 0 Å². The number of nitriles is 1. The third-order valence-electron chi connectivity index (χ3n) is 1.50. The maximum Gasteiger partial charge on any atom is 0.157 e. The van der Waals surface area contributed by atoms with Crippen LogP contribution in [0.3, 0.4) is 0 Å². The zero-order chi connectivity index (χ0) is 10.6. The molecule has 0 fully saturated rings. The average Bonchev–Trinajstić information content (AvgIpc) is 2.16. The number of hydrogen-bond acceptors (Lipinski definition) is 3. The van der Waals surface area contributed by atoms with Crippen LogP contribution in [-0.2, 0) is 0 Å². The molecule has 0 aliphatic heterocycles. The largest absolute Gasteiger partial charge is 0.478 e. The van der Waals surface area contributed by atoms with Crippen LogP contribution < -0.4 is 10.5 Å². The van der Waals surface area contributed by atoms with Crippen molar-refractivity contribution < 1.29 is 4.74 Å². The van der Waals surface area contributed by atoms with E-state index in [-0.39, 0.29) is 6.61 Å². The average molecular weight is 298 g/mol. The highest BCUT2D eigenvalue weighted by molar-refractivity contribution is 14.1. The first-order valence-electron chi connectivity index (χ1n) is 3.74. The Kier molecular flexibility index (Phi) is 3.61. The molecule has 2 N–H and O–H groups in total. The summed E-state index contributed by atoms with van der Waals surface area (Å²) in [6.07, 6.45) is 5.06. The molecule has 1 aromatic carbocycles. The van der Waals surface area contributed by atoms with Gasteiger partial charge in [-0.15, -0.1) is 6.42 Å². The Morgan fingerprint density at radius 1 is 1.57 bits per heavy atom. The van der Waals surface area contributed by atoms with Crippen molar-refractivity contribution in [2.45, 2.75) is 0 Å². The van der Waals surface area contributed by atoms with Gasteiger partial charge in [0.25, 0.3) is 0 Å². The van der Waals surface area contributed by atoms with E-state index < -0.39 is 0 Å². The van der Waals surface area contributed by atoms with E-state index in [1.54, 1.807) is 12.1 Å². The number of rotatable bonds is 2. The topological polar surface area (TPSA) is 59.0 Å². The zero-order valence-corrected chi connectivity index (χ0v) is 9.41. The van der Waals surface area contributed by atoms with E-state index in [4.69, 9.17) is 22.2 Å². The third-order valence-corrected chi connectivity index (χ3v) is 2.30. The molecule has 3 nitrogen and oxygen atoms in total. The standard InChI is InChI=1S/C10H7IN2O/c1-2-3-14-10-8(11)4-7(6-12)5-9(10)13/h1,4-5H,3,13H2. The number of terminal acetylenes is 1. The molecule has 0 aliphatic rings. The Balaban J connectivity index is 3.08. The molecular weight excluding hydrogens is 291 g/mol. The predicted molar refractivity (Wildman–Crippen MR) is 62.6 cm³/mol. The van der Waals surface area contributed by atoms with Gasteiger partial charge in [0.2, 0.25) is 0 Å². The highest BCUT2D eigenvalue weighted by Gasteiger charge is 2.07. The summed E-state index contributed by atoms with van der Waals surface area (Å²) in [6.45, 7) is 0.173. The Hall–Kier alpha value is -1.40. The molecule has 0 atom stereocenters. The van der Waals surface area contributed by atoms with Crippen LogP contribution in [-0.4, -0.2) is 6.61 Å². The SMILES string of the molecule is C#CCOc1c(N)cc(C#N)cc1I. The number of hydrogen-bond donors (Lipinski definition) is 1. The number of anilines is 1. The smallest absolute Gasteiger partial charge is 0.157 e. The molecule has 0 saturated heterocycles. The highest BCUT2D eigenvalue weighted by atomic mass is 127. The number of nitrogens with two attached hydrogens (primary N) is 1. The maximum absolute atomic E-state index is 8.67. The lowest BCUT2D eigenvalue weighted by molar-refractivity contribution is 0.370. The monoisotopic (exact) mass is 298 g/mol. The Morgan fingerprint density at radius 3 is 2.79 bits per heavy atom. The van der Waals surface area contributed by atoms with Gasteiger partial charge in [0.05, 0.1) is 20.9 Å². The van der Waals surface area contributed by atoms with Gasteiger partial charge in [-0.1, -0.05) is 5.92 Å². The molecule has 0 amide bonds. The van der Waals surface area contributed by atoms with Gasteiger partial charge in [-0.2, -0.15) is 5.26 Å². The van der Waals surface area contributed by atoms with Gasteiger partial charge >= 0.3 is 0 Å². The van der Waals surface area contributed by atoms with Crippen LogP contribution >= 0.6 is 22.6 Å². The second-order valence-electron chi connectivity index (χ2n) is 2.48. The lowest BCUT2D eigenvalue weighted by atomic mass is 10.2. The molecule has 4 heteroatoms. The van der Waals surface area contributed by atoms with Crippen molar-refractivity contribution >= 4 is 28.3 Å². The maximum atomic E-state index is 8.67. The Labute approximate surface area is 96.0 Å². The molecule has 0 radical (unpaired) electrons. The minimum Gasteiger partial charge on any atom is -0.478 e. The second kappa shape index (κ2) is 4.73. The van der Waals surface area contributed by atoms with Gasteiger partial charge in [-0.3, -0.25) is 0 Å². The number of halogens is 1. The predicted octanol–water partition coefficient (Wildman–Crippen LogP) is 1.76. The molecule has 0 aromatic heterocycles. The molecule has 1 aromatic rings. The van der Waals surface area contributed by atoms with Gasteiger partial charge < -0.3 is 10.5 Å². The summed E-state index contributed by atoms with van der Waals surface area (Å²) >= 11 is 2.05. The summed E-state index contributed by atoms with van der Waals surface area (Å²) in [5, 5.41) is 8.67. The number of nitrogens with zero attached hydrogens (tertiary/aromatic N) is 1. The van der Waals surface area contributed by atoms with Gasteiger partial charge in [-0.05, 0) is 34.7 Å². The molecule has 70 valence electrons. The van der Waals surface area contributed by atoms with E-state index in [9.17, 15) is 0 Å². The van der Waals surface area contributed by atoms with Crippen LogP contribution in [0, 0.1) is 27.2 Å². The van der Waals surface area contributed by atoms with Crippen LogP contribution in [0.15, 0.2) is 12.1 Å². The van der Waals surface area contributed by atoms with Crippen molar-refractivity contribution in [3.63, 3.8) is 0 Å². The summed E-state index contributed by atoms with van der Waals surface area (Å²) in [5.41, 5.74) is 6.64. The molecule has 14 heavy (non-hydrogen) atoms. The molecule has 0 spiro atoms. The summed E-state index contributed by atoms with van der Waals surface area (Å²) in [4.78, 5) is 0. The number of nitrogen functional groups attached to an aromatic ring is 1. The van der Waals surface area contributed by atoms with Crippen LogP contribution in [0.1, 0.15) is 5.56 Å². The van der Waals surface area contributed by atoms with Gasteiger partial charge in [0, 0.05) is 0 Å². The fraction of sp³-hybridized carbons (Fsp3) is 0.100. The van der Waals surface area contributed by atoms with Crippen molar-refractivity contribution in [1.82, 2.24) is 0 Å². The van der Waals surface area contributed by atoms with E-state index in [1.807, 2.05) is 28.7 Å². The van der Waals surface area contributed by atoms with Crippen LogP contribution in [0.5, 0.6) is 5.75 Å². The molecule has 1 rings (SSSR count). The van der Waals surface area contributed by atoms with Crippen molar-refractivity contribution in [1.29, 1.82) is 5.26 Å². The fourth-order valence-electron chi connectivity index (χ4n) is 0.945. The van der Waals surface area contributed by atoms with E-state index in [2.05, 4.69) is 5.92 Å². The first-order valence-corrected chi connectivity index (χ1v) is 4.82. The third kappa shape index (κ3) is 2.30. The van der Waals surface area contributed by atoms with Crippen LogP contribution in [0.2, 0.25) is 0 Å². The molecule has 0 bridgehead atoms. The van der Waals surface area contributed by atoms with Crippen LogP contribution in [0.25, 0.3) is 0 Å². The molecule has 0 saturated carbocycles. The summed E-state index contributed by atoms with van der Waals surface area (Å²) < 4.78 is 6.02. The Morgan fingerprint density at radius 2 is 2.29 bits per heavy atom. The minimum absolute atomic E-state index is 0.173. The van der Waals surface area contributed by atoms with Crippen molar-refractivity contribution in [2.75, 3.05) is 12.3 Å². The minimum atomic E-state index is 0.173. The van der Waals surface area contributed by atoms with Crippen molar-refractivity contribution in [3.05, 3.63) is 21.3 Å². The van der Waals surface area contributed by atoms with Crippen molar-refractivity contribution in [3.8, 4) is 24.2 Å². The number of benzene rings is 1. The quantitative estimate of drug-likeness (QED) is 0.514. The first kappa shape index (κ1) is 10.7. The van der Waals surface area contributed by atoms with Crippen molar-refractivity contribution in [2.24, 2.45) is 0 Å². The normalized spacial score (nSPS) is 8.79. The first-order chi connectivity index (χ1) is 6.69. The molecule has 0 unspecified atom stereocenters. The van der Waals surface area contributed by atoms with Gasteiger partial charge in [0.1, 0.15) is 6.61 Å². The second-order valence-corrected chi connectivity index (χ2v) is 3.64. The zero-order valence-electron chi connectivity index (χ0n) is 7.25. The molecule has 0 aliphatic carbocycles. The van der Waals surface area contributed by atoms with E-state index in [0.29, 0.717) is 17.0 Å². The highest BCUT2D eigenvalue weighted by Crippen LogP contribution is 2.29. The molecule has 0 heterocycles. The lowest BCUT2D eigenvalue weighted by Crippen LogP contribution is -2.00. The number of ether oxygens (including phenoxy) is 1. The van der Waals surface area contributed by atoms with Gasteiger partial charge in [-0.25, -0.2) is 0 Å². The van der Waals surface area contributed by atoms with E-state index in [0.717, 1.165) is 3.57 Å². The fourth-order valence-corrected chi connectivity index (χ4v) is 1.75. The summed E-state index contributed by atoms with van der Waals surface area (Å²) in [5.74, 6) is 2.90. The summed E-state index contributed by atoms with van der Waals surface area (Å²) in [7, 11) is 0. The lowest BCUT2D eigenvalue weighted by Gasteiger charge is -2.08.